The van der Waals surface area contributed by atoms with Gasteiger partial charge in [0.1, 0.15) is 0 Å². The van der Waals surface area contributed by atoms with Gasteiger partial charge in [0.05, 0.1) is 95.6 Å². The summed E-state index contributed by atoms with van der Waals surface area (Å²) in [6, 6.07) is 0. The molecular weight excluding hydrogens is 448 g/mol. The molecular formula is C24H50O10. The molecule has 0 aromatic carbocycles. The number of aliphatic hydroxyl groups is 5. The number of rotatable bonds is 22. The third-order valence-electron chi connectivity index (χ3n) is 5.58. The largest absolute Gasteiger partial charge is 0.396 e. The Hall–Kier alpha value is -0.400. The molecule has 7 atom stereocenters. The predicted octanol–water partition coefficient (Wildman–Crippen LogP) is 0.497. The van der Waals surface area contributed by atoms with Crippen molar-refractivity contribution in [3.8, 4) is 0 Å². The Balaban J connectivity index is 4.03. The van der Waals surface area contributed by atoms with E-state index in [1.165, 1.54) is 0 Å². The van der Waals surface area contributed by atoms with Crippen LogP contribution in [0, 0.1) is 5.41 Å². The van der Waals surface area contributed by atoms with Crippen LogP contribution in [0.3, 0.4) is 0 Å². The van der Waals surface area contributed by atoms with Crippen molar-refractivity contribution in [2.75, 3.05) is 52.9 Å². The summed E-state index contributed by atoms with van der Waals surface area (Å²) in [6.45, 7) is 11.8. The quantitative estimate of drug-likeness (QED) is 0.143. The topological polar surface area (TPSA) is 147 Å². The molecule has 10 heteroatoms. The molecule has 206 valence electrons. The second-order valence-corrected chi connectivity index (χ2v) is 9.54. The van der Waals surface area contributed by atoms with Crippen molar-refractivity contribution in [1.82, 2.24) is 0 Å². The lowest BCUT2D eigenvalue weighted by Crippen LogP contribution is -2.37. The minimum absolute atomic E-state index is 0.107. The van der Waals surface area contributed by atoms with Gasteiger partial charge in [0.15, 0.2) is 0 Å². The van der Waals surface area contributed by atoms with E-state index in [0.29, 0.717) is 26.4 Å². The molecule has 0 aliphatic heterocycles. The number of hydrogen-bond acceptors (Lipinski definition) is 10. The van der Waals surface area contributed by atoms with E-state index < -0.39 is 23.7 Å². The highest BCUT2D eigenvalue weighted by Crippen LogP contribution is 2.24. The fourth-order valence-corrected chi connectivity index (χ4v) is 2.87. The number of ether oxygens (including phenoxy) is 5. The zero-order valence-corrected chi connectivity index (χ0v) is 21.9. The van der Waals surface area contributed by atoms with Crippen LogP contribution in [-0.4, -0.2) is 121 Å². The molecule has 0 aliphatic carbocycles. The average Bonchev–Trinajstić information content (AvgIpc) is 2.82. The maximum Gasteiger partial charge on any atom is 0.0807 e. The van der Waals surface area contributed by atoms with Crippen molar-refractivity contribution >= 4 is 0 Å². The minimum atomic E-state index is -1.000. The second-order valence-electron chi connectivity index (χ2n) is 9.54. The van der Waals surface area contributed by atoms with Crippen LogP contribution in [0.15, 0.2) is 0 Å². The zero-order chi connectivity index (χ0) is 26.1. The van der Waals surface area contributed by atoms with Crippen molar-refractivity contribution in [3.63, 3.8) is 0 Å². The van der Waals surface area contributed by atoms with Gasteiger partial charge in [-0.1, -0.05) is 0 Å². The van der Waals surface area contributed by atoms with Crippen molar-refractivity contribution in [1.29, 1.82) is 0 Å². The molecule has 0 amide bonds. The molecule has 0 saturated carbocycles. The van der Waals surface area contributed by atoms with Gasteiger partial charge >= 0.3 is 0 Å². The summed E-state index contributed by atoms with van der Waals surface area (Å²) in [5.74, 6) is 0. The Morgan fingerprint density at radius 2 is 0.912 bits per heavy atom. The van der Waals surface area contributed by atoms with Gasteiger partial charge in [-0.3, -0.25) is 0 Å². The van der Waals surface area contributed by atoms with Crippen LogP contribution in [0.5, 0.6) is 0 Å². The van der Waals surface area contributed by atoms with Gasteiger partial charge in [0.25, 0.3) is 0 Å². The standard InChI is InChI=1S/C24H50O10/c1-17(28)9-30-18(2)10-31-19(3)11-32-20(4)12-33-21(5)13-34-22(6)23(29)7-8-24(14-25,15-26)16-27/h17-23,25-29H,7-16H2,1-6H3. The first-order chi connectivity index (χ1) is 16.0. The fourth-order valence-electron chi connectivity index (χ4n) is 2.87. The monoisotopic (exact) mass is 498 g/mol. The summed E-state index contributed by atoms with van der Waals surface area (Å²) in [6.07, 6.45) is -1.74. The summed E-state index contributed by atoms with van der Waals surface area (Å²) in [5.41, 5.74) is -1.000. The third kappa shape index (κ3) is 15.6. The van der Waals surface area contributed by atoms with Crippen LogP contribution in [0.2, 0.25) is 0 Å². The van der Waals surface area contributed by atoms with E-state index in [2.05, 4.69) is 0 Å². The molecule has 0 bridgehead atoms. The van der Waals surface area contributed by atoms with E-state index in [1.54, 1.807) is 13.8 Å². The van der Waals surface area contributed by atoms with Crippen LogP contribution >= 0.6 is 0 Å². The molecule has 0 aliphatic rings. The Morgan fingerprint density at radius 1 is 0.559 bits per heavy atom. The van der Waals surface area contributed by atoms with Gasteiger partial charge in [-0.25, -0.2) is 0 Å². The molecule has 7 unspecified atom stereocenters. The van der Waals surface area contributed by atoms with Crippen LogP contribution in [0.1, 0.15) is 54.4 Å². The van der Waals surface area contributed by atoms with Crippen LogP contribution in [-0.2, 0) is 23.7 Å². The van der Waals surface area contributed by atoms with Crippen LogP contribution < -0.4 is 0 Å². The Bertz CT molecular complexity index is 466. The Kier molecular flexibility index (Phi) is 18.6. The zero-order valence-electron chi connectivity index (χ0n) is 21.9. The summed E-state index contributed by atoms with van der Waals surface area (Å²) >= 11 is 0. The first kappa shape index (κ1) is 33.6. The van der Waals surface area contributed by atoms with E-state index in [4.69, 9.17) is 23.7 Å². The van der Waals surface area contributed by atoms with Crippen LogP contribution in [0.25, 0.3) is 0 Å². The van der Waals surface area contributed by atoms with Gasteiger partial charge in [-0.05, 0) is 54.4 Å². The van der Waals surface area contributed by atoms with Crippen molar-refractivity contribution in [2.24, 2.45) is 5.41 Å². The Labute approximate surface area is 205 Å². The lowest BCUT2D eigenvalue weighted by molar-refractivity contribution is -0.107. The summed E-state index contributed by atoms with van der Waals surface area (Å²) in [4.78, 5) is 0. The van der Waals surface area contributed by atoms with Gasteiger partial charge in [-0.2, -0.15) is 0 Å². The first-order valence-corrected chi connectivity index (χ1v) is 12.2. The van der Waals surface area contributed by atoms with Crippen LogP contribution in [0.4, 0.5) is 0 Å². The van der Waals surface area contributed by atoms with E-state index in [1.807, 2.05) is 27.7 Å². The third-order valence-corrected chi connectivity index (χ3v) is 5.58. The molecule has 5 N–H and O–H groups in total. The van der Waals surface area contributed by atoms with E-state index in [0.717, 1.165) is 0 Å². The van der Waals surface area contributed by atoms with Crippen molar-refractivity contribution < 1.29 is 49.2 Å². The highest BCUT2D eigenvalue weighted by atomic mass is 16.6. The van der Waals surface area contributed by atoms with Crippen molar-refractivity contribution in [3.05, 3.63) is 0 Å². The first-order valence-electron chi connectivity index (χ1n) is 12.2. The molecule has 0 spiro atoms. The highest BCUT2D eigenvalue weighted by molar-refractivity contribution is 4.79. The Morgan fingerprint density at radius 3 is 1.26 bits per heavy atom. The molecule has 10 nitrogen and oxygen atoms in total. The number of aliphatic hydroxyl groups excluding tert-OH is 5. The van der Waals surface area contributed by atoms with E-state index in [9.17, 15) is 25.5 Å². The lowest BCUT2D eigenvalue weighted by Gasteiger charge is -2.29. The van der Waals surface area contributed by atoms with Gasteiger partial charge in [0, 0.05) is 5.41 Å². The smallest absolute Gasteiger partial charge is 0.0807 e. The predicted molar refractivity (Wildman–Crippen MR) is 128 cm³/mol. The van der Waals surface area contributed by atoms with E-state index >= 15 is 0 Å². The summed E-state index contributed by atoms with van der Waals surface area (Å²) < 4.78 is 28.4. The highest BCUT2D eigenvalue weighted by Gasteiger charge is 2.30. The lowest BCUT2D eigenvalue weighted by atomic mass is 9.84. The molecule has 0 heterocycles. The van der Waals surface area contributed by atoms with Crippen molar-refractivity contribution in [2.45, 2.75) is 97.1 Å². The van der Waals surface area contributed by atoms with Gasteiger partial charge < -0.3 is 49.2 Å². The summed E-state index contributed by atoms with van der Waals surface area (Å²) in [7, 11) is 0. The normalized spacial score (nSPS) is 18.8. The average molecular weight is 499 g/mol. The number of hydrogen-bond donors (Lipinski definition) is 5. The molecule has 34 heavy (non-hydrogen) atoms. The maximum atomic E-state index is 10.3. The van der Waals surface area contributed by atoms with Gasteiger partial charge in [0.2, 0.25) is 0 Å². The molecule has 0 rings (SSSR count). The molecule has 0 fully saturated rings. The second kappa shape index (κ2) is 18.8. The minimum Gasteiger partial charge on any atom is -0.396 e. The molecule has 0 saturated heterocycles. The SMILES string of the molecule is CC(O)COC(C)COC(C)COC(C)COC(C)COC(C)C(O)CCC(CO)(CO)CO. The summed E-state index contributed by atoms with van der Waals surface area (Å²) in [5, 5.41) is 47.7. The maximum absolute atomic E-state index is 10.3. The molecule has 0 radical (unpaired) electrons. The fraction of sp³-hybridized carbons (Fsp3) is 1.00. The van der Waals surface area contributed by atoms with E-state index in [-0.39, 0.29) is 63.7 Å². The molecule has 0 aromatic rings. The van der Waals surface area contributed by atoms with Gasteiger partial charge in [-0.15, -0.1) is 0 Å². The molecule has 0 aromatic heterocycles.